The molecule has 2 saturated heterocycles. The predicted octanol–water partition coefficient (Wildman–Crippen LogP) is 6.91. The van der Waals surface area contributed by atoms with E-state index in [1.165, 1.54) is 12.1 Å². The van der Waals surface area contributed by atoms with Crippen molar-refractivity contribution in [1.29, 1.82) is 0 Å². The van der Waals surface area contributed by atoms with Crippen molar-refractivity contribution >= 4 is 5.91 Å². The van der Waals surface area contributed by atoms with Crippen molar-refractivity contribution in [3.63, 3.8) is 0 Å². The topological polar surface area (TPSA) is 26.8 Å². The molecule has 1 saturated carbocycles. The molecule has 0 spiro atoms. The summed E-state index contributed by atoms with van der Waals surface area (Å²) in [6, 6.07) is 16.2. The van der Waals surface area contributed by atoms with Gasteiger partial charge in [-0.2, -0.15) is 13.2 Å². The van der Waals surface area contributed by atoms with Gasteiger partial charge in [-0.1, -0.05) is 56.3 Å². The summed E-state index contributed by atoms with van der Waals surface area (Å²) in [6.45, 7) is 14.9. The van der Waals surface area contributed by atoms with Gasteiger partial charge in [0, 0.05) is 50.3 Å². The number of nitrogens with zero attached hydrogens (tertiary/aromatic N) is 3. The minimum absolute atomic E-state index is 0.0538. The molecular weight excluding hydrogens is 499 g/mol. The molecular formula is C32H44F3N3O. The Balaban J connectivity index is 0.00000172. The zero-order valence-corrected chi connectivity index (χ0v) is 24.1. The minimum atomic E-state index is -4.31. The fourth-order valence-electron chi connectivity index (χ4n) is 6.50. The summed E-state index contributed by atoms with van der Waals surface area (Å²) < 4.78 is 38.9. The van der Waals surface area contributed by atoms with Crippen molar-refractivity contribution in [2.24, 2.45) is 0 Å². The fourth-order valence-corrected chi connectivity index (χ4v) is 6.50. The van der Waals surface area contributed by atoms with Gasteiger partial charge in [0.2, 0.25) is 5.91 Å². The molecule has 2 aromatic rings. The number of piperazine rings is 1. The van der Waals surface area contributed by atoms with Crippen LogP contribution in [0.25, 0.3) is 0 Å². The van der Waals surface area contributed by atoms with Gasteiger partial charge in [-0.05, 0) is 69.7 Å². The second kappa shape index (κ2) is 11.6. The van der Waals surface area contributed by atoms with Crippen LogP contribution in [0.1, 0.15) is 83.0 Å². The Kier molecular flexibility index (Phi) is 8.82. The van der Waals surface area contributed by atoms with Gasteiger partial charge in [-0.25, -0.2) is 0 Å². The van der Waals surface area contributed by atoms with Crippen molar-refractivity contribution < 1.29 is 18.0 Å². The Bertz CT molecular complexity index is 1090. The first-order valence-electron chi connectivity index (χ1n) is 14.6. The maximum atomic E-state index is 13.5. The van der Waals surface area contributed by atoms with E-state index in [1.807, 2.05) is 32.0 Å². The second-order valence-corrected chi connectivity index (χ2v) is 11.6. The SMILES string of the molecule is CC.CC1CN(C2(C)CCN(C(=O)C3(c4ccccc4)CC3)CC2)CCN1C(C)c1ccc(C(F)(F)F)cc1. The number of carbonyl (C=O) groups is 1. The Morgan fingerprint density at radius 1 is 0.897 bits per heavy atom. The van der Waals surface area contributed by atoms with E-state index in [0.717, 1.165) is 69.5 Å². The summed E-state index contributed by atoms with van der Waals surface area (Å²) in [5.74, 6) is 0.296. The van der Waals surface area contributed by atoms with E-state index in [9.17, 15) is 18.0 Å². The number of benzene rings is 2. The molecule has 0 bridgehead atoms. The fraction of sp³-hybridized carbons (Fsp3) is 0.594. The van der Waals surface area contributed by atoms with Gasteiger partial charge >= 0.3 is 6.18 Å². The zero-order chi connectivity index (χ0) is 28.4. The molecule has 2 atom stereocenters. The quantitative estimate of drug-likeness (QED) is 0.410. The lowest BCUT2D eigenvalue weighted by Gasteiger charge is -2.52. The average molecular weight is 544 g/mol. The Labute approximate surface area is 232 Å². The summed E-state index contributed by atoms with van der Waals surface area (Å²) in [4.78, 5) is 20.6. The number of alkyl halides is 3. The molecule has 214 valence electrons. The molecule has 3 aliphatic rings. The number of rotatable bonds is 5. The van der Waals surface area contributed by atoms with Crippen LogP contribution in [0.4, 0.5) is 13.2 Å². The summed E-state index contributed by atoms with van der Waals surface area (Å²) >= 11 is 0. The van der Waals surface area contributed by atoms with Gasteiger partial charge in [0.15, 0.2) is 0 Å². The lowest BCUT2D eigenvalue weighted by molar-refractivity contribution is -0.138. The molecule has 0 aromatic heterocycles. The van der Waals surface area contributed by atoms with E-state index in [-0.39, 0.29) is 23.0 Å². The van der Waals surface area contributed by atoms with Gasteiger partial charge in [0.1, 0.15) is 0 Å². The predicted molar refractivity (Wildman–Crippen MR) is 151 cm³/mol. The van der Waals surface area contributed by atoms with Crippen molar-refractivity contribution in [1.82, 2.24) is 14.7 Å². The molecule has 1 amide bonds. The van der Waals surface area contributed by atoms with Crippen molar-refractivity contribution in [3.05, 3.63) is 71.3 Å². The second-order valence-electron chi connectivity index (χ2n) is 11.6. The summed E-state index contributed by atoms with van der Waals surface area (Å²) in [5.41, 5.74) is 1.22. The van der Waals surface area contributed by atoms with Crippen LogP contribution < -0.4 is 0 Å². The van der Waals surface area contributed by atoms with Crippen molar-refractivity contribution in [3.8, 4) is 0 Å². The van der Waals surface area contributed by atoms with Gasteiger partial charge in [0.25, 0.3) is 0 Å². The van der Waals surface area contributed by atoms with Crippen LogP contribution in [0.3, 0.4) is 0 Å². The van der Waals surface area contributed by atoms with E-state index < -0.39 is 11.7 Å². The highest BCUT2D eigenvalue weighted by Gasteiger charge is 2.54. The van der Waals surface area contributed by atoms with Crippen LogP contribution in [0.2, 0.25) is 0 Å². The molecule has 39 heavy (non-hydrogen) atoms. The van der Waals surface area contributed by atoms with E-state index in [0.29, 0.717) is 5.91 Å². The van der Waals surface area contributed by atoms with Gasteiger partial charge in [-0.15, -0.1) is 0 Å². The third-order valence-corrected chi connectivity index (χ3v) is 9.27. The van der Waals surface area contributed by atoms with Crippen molar-refractivity contribution in [2.45, 2.75) is 89.5 Å². The molecule has 3 fully saturated rings. The Hall–Kier alpha value is -2.38. The smallest absolute Gasteiger partial charge is 0.342 e. The molecule has 2 heterocycles. The van der Waals surface area contributed by atoms with E-state index in [2.05, 4.69) is 47.6 Å². The molecule has 4 nitrogen and oxygen atoms in total. The molecule has 2 aromatic carbocycles. The molecule has 5 rings (SSSR count). The van der Waals surface area contributed by atoms with Crippen LogP contribution in [0.5, 0.6) is 0 Å². The largest absolute Gasteiger partial charge is 0.416 e. The van der Waals surface area contributed by atoms with Gasteiger partial charge in [0.05, 0.1) is 11.0 Å². The number of halogens is 3. The first kappa shape index (κ1) is 29.6. The van der Waals surface area contributed by atoms with E-state index in [4.69, 9.17) is 0 Å². The molecule has 7 heteroatoms. The summed E-state index contributed by atoms with van der Waals surface area (Å²) in [6.07, 6.45) is -0.493. The normalized spacial score (nSPS) is 23.9. The highest BCUT2D eigenvalue weighted by molar-refractivity contribution is 5.91. The molecule has 1 aliphatic carbocycles. The highest BCUT2D eigenvalue weighted by atomic mass is 19.4. The third kappa shape index (κ3) is 6.04. The third-order valence-electron chi connectivity index (χ3n) is 9.27. The van der Waals surface area contributed by atoms with Gasteiger partial charge < -0.3 is 4.90 Å². The molecule has 0 radical (unpaired) electrons. The average Bonchev–Trinajstić information content (AvgIpc) is 3.76. The monoisotopic (exact) mass is 543 g/mol. The zero-order valence-electron chi connectivity index (χ0n) is 24.1. The maximum Gasteiger partial charge on any atom is 0.416 e. The van der Waals surface area contributed by atoms with E-state index >= 15 is 0 Å². The molecule has 2 unspecified atom stereocenters. The standard InChI is InChI=1S/C30H38F3N3O.C2H6/c1-22-21-35(19-20-36(22)23(2)24-9-11-26(12-10-24)30(31,32)33)28(3)15-17-34(18-16-28)27(37)29(13-14-29)25-7-5-4-6-8-25;1-2/h4-12,22-23H,13-21H2,1-3H3;1-2H3. The number of hydrogen-bond acceptors (Lipinski definition) is 3. The van der Waals surface area contributed by atoms with Gasteiger partial charge in [-0.3, -0.25) is 14.6 Å². The van der Waals surface area contributed by atoms with Crippen LogP contribution in [0.15, 0.2) is 54.6 Å². The van der Waals surface area contributed by atoms with Crippen LogP contribution >= 0.6 is 0 Å². The number of carbonyl (C=O) groups excluding carboxylic acids is 1. The van der Waals surface area contributed by atoms with E-state index in [1.54, 1.807) is 12.1 Å². The maximum absolute atomic E-state index is 13.5. The van der Waals surface area contributed by atoms with Crippen LogP contribution in [-0.2, 0) is 16.4 Å². The Morgan fingerprint density at radius 2 is 1.49 bits per heavy atom. The van der Waals surface area contributed by atoms with Crippen LogP contribution in [0, 0.1) is 0 Å². The first-order valence-corrected chi connectivity index (χ1v) is 14.6. The highest BCUT2D eigenvalue weighted by Crippen LogP contribution is 2.50. The van der Waals surface area contributed by atoms with Crippen LogP contribution in [-0.4, -0.2) is 64.9 Å². The Morgan fingerprint density at radius 3 is 2.00 bits per heavy atom. The summed E-state index contributed by atoms with van der Waals surface area (Å²) in [5, 5.41) is 0. The number of likely N-dealkylation sites (tertiary alicyclic amines) is 1. The lowest BCUT2D eigenvalue weighted by Crippen LogP contribution is -2.62. The lowest BCUT2D eigenvalue weighted by atomic mass is 9.85. The first-order chi connectivity index (χ1) is 18.5. The molecule has 2 aliphatic heterocycles. The summed E-state index contributed by atoms with van der Waals surface area (Å²) in [7, 11) is 0. The molecule has 0 N–H and O–H groups in total. The van der Waals surface area contributed by atoms with Crippen molar-refractivity contribution in [2.75, 3.05) is 32.7 Å². The number of hydrogen-bond donors (Lipinski definition) is 0. The number of amides is 1. The number of piperidine rings is 1. The minimum Gasteiger partial charge on any atom is -0.342 e.